The molecule has 2 aromatic rings. The Morgan fingerprint density at radius 1 is 1.39 bits per heavy atom. The van der Waals surface area contributed by atoms with E-state index in [9.17, 15) is 4.79 Å². The lowest BCUT2D eigenvalue weighted by Gasteiger charge is -2.05. The van der Waals surface area contributed by atoms with Crippen LogP contribution in [0.2, 0.25) is 0 Å². The maximum atomic E-state index is 10.7. The van der Waals surface area contributed by atoms with Gasteiger partial charge in [-0.25, -0.2) is 14.8 Å². The first-order chi connectivity index (χ1) is 8.65. The van der Waals surface area contributed by atoms with E-state index in [1.165, 1.54) is 12.3 Å². The highest BCUT2D eigenvalue weighted by Crippen LogP contribution is 2.12. The summed E-state index contributed by atoms with van der Waals surface area (Å²) in [6.45, 7) is 0.530. The Kier molecular flexibility index (Phi) is 3.88. The smallest absolute Gasteiger partial charge is 0.354 e. The number of anilines is 1. The topological polar surface area (TPSA) is 75.1 Å². The van der Waals surface area contributed by atoms with Crippen LogP contribution in [0.4, 0.5) is 5.95 Å². The number of hydrogen-bond donors (Lipinski definition) is 2. The Balaban J connectivity index is 2.06. The van der Waals surface area contributed by atoms with Gasteiger partial charge in [-0.15, -0.1) is 0 Å². The number of aromatic nitrogens is 2. The van der Waals surface area contributed by atoms with Gasteiger partial charge < -0.3 is 10.4 Å². The summed E-state index contributed by atoms with van der Waals surface area (Å²) in [5.74, 6) is -0.766. The van der Waals surface area contributed by atoms with Gasteiger partial charge >= 0.3 is 5.97 Å². The predicted molar refractivity (Wildman–Crippen MR) is 70.5 cm³/mol. The maximum Gasteiger partial charge on any atom is 0.354 e. The van der Waals surface area contributed by atoms with Gasteiger partial charge in [0.05, 0.1) is 0 Å². The number of aromatic carboxylic acids is 1. The summed E-state index contributed by atoms with van der Waals surface area (Å²) in [6, 6.07) is 9.14. The van der Waals surface area contributed by atoms with Crippen molar-refractivity contribution in [2.75, 3.05) is 5.32 Å². The number of nitrogens with one attached hydrogen (secondary N) is 1. The molecule has 0 aliphatic carbocycles. The third kappa shape index (κ3) is 3.27. The first-order valence-corrected chi connectivity index (χ1v) is 5.99. The molecule has 0 unspecified atom stereocenters. The van der Waals surface area contributed by atoms with E-state index in [-0.39, 0.29) is 5.69 Å². The van der Waals surface area contributed by atoms with Crippen molar-refractivity contribution in [2.24, 2.45) is 0 Å². The van der Waals surface area contributed by atoms with Crippen LogP contribution in [-0.4, -0.2) is 21.0 Å². The average Bonchev–Trinajstić information content (AvgIpc) is 2.37. The number of carboxylic acid groups (broad SMARTS) is 1. The normalized spacial score (nSPS) is 10.1. The zero-order chi connectivity index (χ0) is 13.0. The molecule has 1 aromatic carbocycles. The van der Waals surface area contributed by atoms with Gasteiger partial charge in [-0.1, -0.05) is 28.1 Å². The van der Waals surface area contributed by atoms with Gasteiger partial charge in [0.1, 0.15) is 0 Å². The van der Waals surface area contributed by atoms with Crippen molar-refractivity contribution in [1.82, 2.24) is 9.97 Å². The SMILES string of the molecule is O=C(O)c1ccnc(NCc2cccc(Br)c2)n1. The first-order valence-electron chi connectivity index (χ1n) is 5.20. The van der Waals surface area contributed by atoms with E-state index < -0.39 is 5.97 Å². The second-order valence-electron chi connectivity index (χ2n) is 3.55. The zero-order valence-electron chi connectivity index (χ0n) is 9.30. The highest BCUT2D eigenvalue weighted by atomic mass is 79.9. The number of rotatable bonds is 4. The molecule has 2 N–H and O–H groups in total. The Hall–Kier alpha value is -1.95. The fraction of sp³-hybridized carbons (Fsp3) is 0.0833. The van der Waals surface area contributed by atoms with Crippen LogP contribution in [0.25, 0.3) is 0 Å². The van der Waals surface area contributed by atoms with E-state index in [4.69, 9.17) is 5.11 Å². The van der Waals surface area contributed by atoms with Crippen molar-refractivity contribution in [1.29, 1.82) is 0 Å². The van der Waals surface area contributed by atoms with Gasteiger partial charge in [-0.3, -0.25) is 0 Å². The fourth-order valence-corrected chi connectivity index (χ4v) is 1.84. The molecule has 0 amide bonds. The Morgan fingerprint density at radius 2 is 2.22 bits per heavy atom. The lowest BCUT2D eigenvalue weighted by atomic mass is 10.2. The van der Waals surface area contributed by atoms with Crippen LogP contribution in [0.5, 0.6) is 0 Å². The molecule has 1 aromatic heterocycles. The minimum Gasteiger partial charge on any atom is -0.477 e. The van der Waals surface area contributed by atoms with Crippen molar-refractivity contribution < 1.29 is 9.90 Å². The molecule has 0 aliphatic heterocycles. The van der Waals surface area contributed by atoms with Gasteiger partial charge in [-0.05, 0) is 23.8 Å². The molecule has 0 radical (unpaired) electrons. The van der Waals surface area contributed by atoms with Crippen molar-refractivity contribution >= 4 is 27.8 Å². The third-order valence-corrected chi connectivity index (χ3v) is 2.71. The molecule has 92 valence electrons. The largest absolute Gasteiger partial charge is 0.477 e. The van der Waals surface area contributed by atoms with E-state index >= 15 is 0 Å². The predicted octanol–water partition coefficient (Wildman–Crippen LogP) is 2.55. The Bertz CT molecular complexity index is 575. The van der Waals surface area contributed by atoms with E-state index in [1.807, 2.05) is 24.3 Å². The Morgan fingerprint density at radius 3 is 2.94 bits per heavy atom. The summed E-state index contributed by atoms with van der Waals surface area (Å²) in [4.78, 5) is 18.6. The van der Waals surface area contributed by atoms with Crippen molar-refractivity contribution in [3.05, 3.63) is 52.3 Å². The molecule has 5 nitrogen and oxygen atoms in total. The summed E-state index contributed by atoms with van der Waals surface area (Å²) in [6.07, 6.45) is 1.42. The molecule has 18 heavy (non-hydrogen) atoms. The fourth-order valence-electron chi connectivity index (χ4n) is 1.39. The van der Waals surface area contributed by atoms with Crippen LogP contribution < -0.4 is 5.32 Å². The molecule has 0 atom stereocenters. The van der Waals surface area contributed by atoms with Gasteiger partial charge in [-0.2, -0.15) is 0 Å². The summed E-state index contributed by atoms with van der Waals surface area (Å²) >= 11 is 3.38. The number of nitrogens with zero attached hydrogens (tertiary/aromatic N) is 2. The Labute approximate surface area is 112 Å². The van der Waals surface area contributed by atoms with Crippen molar-refractivity contribution in [2.45, 2.75) is 6.54 Å². The molecule has 1 heterocycles. The average molecular weight is 308 g/mol. The maximum absolute atomic E-state index is 10.7. The van der Waals surface area contributed by atoms with Gasteiger partial charge in [0.25, 0.3) is 0 Å². The standard InChI is InChI=1S/C12H10BrN3O2/c13-9-3-1-2-8(6-9)7-15-12-14-5-4-10(16-12)11(17)18/h1-6H,7H2,(H,17,18)(H,14,15,16). The van der Waals surface area contributed by atoms with Crippen LogP contribution in [0, 0.1) is 0 Å². The molecular formula is C12H10BrN3O2. The van der Waals surface area contributed by atoms with E-state index in [0.29, 0.717) is 12.5 Å². The van der Waals surface area contributed by atoms with Crippen LogP contribution >= 0.6 is 15.9 Å². The summed E-state index contributed by atoms with van der Waals surface area (Å²) < 4.78 is 0.988. The van der Waals surface area contributed by atoms with Gasteiger partial charge in [0.2, 0.25) is 5.95 Å². The van der Waals surface area contributed by atoms with E-state index in [2.05, 4.69) is 31.2 Å². The number of benzene rings is 1. The van der Waals surface area contributed by atoms with Gasteiger partial charge in [0.15, 0.2) is 5.69 Å². The quantitative estimate of drug-likeness (QED) is 0.908. The number of carbonyl (C=O) groups is 1. The van der Waals surface area contributed by atoms with Crippen LogP contribution in [0.15, 0.2) is 41.0 Å². The lowest BCUT2D eigenvalue weighted by molar-refractivity contribution is 0.0690. The summed E-state index contributed by atoms with van der Waals surface area (Å²) in [5, 5.41) is 11.8. The van der Waals surface area contributed by atoms with Crippen LogP contribution in [-0.2, 0) is 6.54 Å². The first kappa shape index (κ1) is 12.5. The third-order valence-electron chi connectivity index (χ3n) is 2.21. The number of hydrogen-bond acceptors (Lipinski definition) is 4. The summed E-state index contributed by atoms with van der Waals surface area (Å²) in [5.41, 5.74) is 1.02. The molecule has 6 heteroatoms. The van der Waals surface area contributed by atoms with E-state index in [1.54, 1.807) is 0 Å². The minimum atomic E-state index is -1.07. The lowest BCUT2D eigenvalue weighted by Crippen LogP contribution is -2.07. The van der Waals surface area contributed by atoms with Gasteiger partial charge in [0, 0.05) is 17.2 Å². The molecule has 2 rings (SSSR count). The second kappa shape index (κ2) is 5.59. The highest BCUT2D eigenvalue weighted by molar-refractivity contribution is 9.10. The zero-order valence-corrected chi connectivity index (χ0v) is 10.9. The molecule has 0 saturated carbocycles. The molecule has 0 spiro atoms. The minimum absolute atomic E-state index is 0.0262. The molecular weight excluding hydrogens is 298 g/mol. The molecule has 0 aliphatic rings. The number of carboxylic acids is 1. The van der Waals surface area contributed by atoms with Crippen LogP contribution in [0.1, 0.15) is 16.1 Å². The monoisotopic (exact) mass is 307 g/mol. The molecule has 0 fully saturated rings. The molecule has 0 saturated heterocycles. The van der Waals surface area contributed by atoms with Crippen molar-refractivity contribution in [3.8, 4) is 0 Å². The number of halogens is 1. The highest BCUT2D eigenvalue weighted by Gasteiger charge is 2.05. The summed E-state index contributed by atoms with van der Waals surface area (Å²) in [7, 11) is 0. The van der Waals surface area contributed by atoms with Crippen LogP contribution in [0.3, 0.4) is 0 Å². The second-order valence-corrected chi connectivity index (χ2v) is 4.47. The van der Waals surface area contributed by atoms with E-state index in [0.717, 1.165) is 10.0 Å². The molecule has 0 bridgehead atoms. The van der Waals surface area contributed by atoms with Crippen molar-refractivity contribution in [3.63, 3.8) is 0 Å².